The molecule has 1 saturated heterocycles. The Balaban J connectivity index is 2.62. The second-order valence-corrected chi connectivity index (χ2v) is 8.47. The summed E-state index contributed by atoms with van der Waals surface area (Å²) >= 11 is 0. The Morgan fingerprint density at radius 3 is 2.70 bits per heavy atom. The molecule has 3 unspecified atom stereocenters. The fourth-order valence-electron chi connectivity index (χ4n) is 2.08. The van der Waals surface area contributed by atoms with E-state index in [1.54, 1.807) is 13.2 Å². The molecule has 3 atom stereocenters. The van der Waals surface area contributed by atoms with Gasteiger partial charge in [0, 0.05) is 35.4 Å². The Bertz CT molecular complexity index is 465. The lowest BCUT2D eigenvalue weighted by Crippen LogP contribution is -2.52. The van der Waals surface area contributed by atoms with Crippen LogP contribution in [0.1, 0.15) is 32.6 Å². The number of nitrogens with one attached hydrogen (secondary N) is 1. The molecule has 9 heteroatoms. The van der Waals surface area contributed by atoms with Crippen LogP contribution in [0.4, 0.5) is 0 Å². The minimum atomic E-state index is -3.80. The largest absolute Gasteiger partial charge is 0.480 e. The van der Waals surface area contributed by atoms with Gasteiger partial charge in [-0.3, -0.25) is 9.00 Å². The number of hydrogen-bond donors (Lipinski definition) is 2. The highest BCUT2D eigenvalue weighted by atomic mass is 32.2. The van der Waals surface area contributed by atoms with Crippen molar-refractivity contribution in [3.8, 4) is 0 Å². The van der Waals surface area contributed by atoms with Crippen LogP contribution in [0.25, 0.3) is 0 Å². The van der Waals surface area contributed by atoms with Gasteiger partial charge in [0.25, 0.3) is 10.2 Å². The van der Waals surface area contributed by atoms with Crippen molar-refractivity contribution < 1.29 is 22.5 Å². The SMILES string of the molecule is CC(CCNS(=O)(=O)N1CCCCC1C(=O)O)S(C)=O. The van der Waals surface area contributed by atoms with E-state index in [9.17, 15) is 17.4 Å². The van der Waals surface area contributed by atoms with Gasteiger partial charge >= 0.3 is 5.97 Å². The van der Waals surface area contributed by atoms with Gasteiger partial charge in [-0.15, -0.1) is 0 Å². The van der Waals surface area contributed by atoms with E-state index < -0.39 is 33.0 Å². The standard InChI is InChI=1S/C11H22N2O5S2/c1-9(19(2)16)6-7-12-20(17,18)13-8-4-3-5-10(13)11(14)15/h9-10,12H,3-8H2,1-2H3,(H,14,15). The van der Waals surface area contributed by atoms with Crippen molar-refractivity contribution in [1.29, 1.82) is 0 Å². The van der Waals surface area contributed by atoms with Crippen molar-refractivity contribution in [2.24, 2.45) is 0 Å². The minimum Gasteiger partial charge on any atom is -0.480 e. The molecule has 0 aromatic heterocycles. The molecular formula is C11H22N2O5S2. The third-order valence-electron chi connectivity index (χ3n) is 3.45. The molecule has 0 aromatic carbocycles. The summed E-state index contributed by atoms with van der Waals surface area (Å²) in [4.78, 5) is 11.1. The number of piperidine rings is 1. The number of carboxylic acids is 1. The summed E-state index contributed by atoms with van der Waals surface area (Å²) in [6.45, 7) is 2.17. The lowest BCUT2D eigenvalue weighted by atomic mass is 10.1. The molecule has 1 aliphatic rings. The van der Waals surface area contributed by atoms with Gasteiger partial charge in [-0.2, -0.15) is 12.7 Å². The summed E-state index contributed by atoms with van der Waals surface area (Å²) in [6.07, 6.45) is 3.75. The zero-order valence-electron chi connectivity index (χ0n) is 11.7. The Hall–Kier alpha value is -0.510. The van der Waals surface area contributed by atoms with Crippen molar-refractivity contribution >= 4 is 27.0 Å². The average molecular weight is 326 g/mol. The highest BCUT2D eigenvalue weighted by molar-refractivity contribution is 7.87. The van der Waals surface area contributed by atoms with Gasteiger partial charge in [0.05, 0.1) is 0 Å². The van der Waals surface area contributed by atoms with E-state index in [4.69, 9.17) is 5.11 Å². The van der Waals surface area contributed by atoms with Gasteiger partial charge in [0.1, 0.15) is 6.04 Å². The molecule has 7 nitrogen and oxygen atoms in total. The van der Waals surface area contributed by atoms with Crippen LogP contribution in [0.15, 0.2) is 0 Å². The third-order valence-corrected chi connectivity index (χ3v) is 6.44. The second kappa shape index (κ2) is 7.48. The van der Waals surface area contributed by atoms with Crippen LogP contribution < -0.4 is 4.72 Å². The first-order valence-corrected chi connectivity index (χ1v) is 9.63. The quantitative estimate of drug-likeness (QED) is 0.681. The van der Waals surface area contributed by atoms with Crippen molar-refractivity contribution in [2.75, 3.05) is 19.3 Å². The molecule has 1 heterocycles. The number of carboxylic acid groups (broad SMARTS) is 1. The van der Waals surface area contributed by atoms with E-state index >= 15 is 0 Å². The van der Waals surface area contributed by atoms with Gasteiger partial charge in [0.15, 0.2) is 0 Å². The molecule has 0 aromatic rings. The monoisotopic (exact) mass is 326 g/mol. The third kappa shape index (κ3) is 4.80. The molecular weight excluding hydrogens is 304 g/mol. The molecule has 2 N–H and O–H groups in total. The summed E-state index contributed by atoms with van der Waals surface area (Å²) in [7, 11) is -4.80. The topological polar surface area (TPSA) is 104 Å². The molecule has 0 aliphatic carbocycles. The Morgan fingerprint density at radius 2 is 2.15 bits per heavy atom. The van der Waals surface area contributed by atoms with E-state index in [0.29, 0.717) is 19.3 Å². The van der Waals surface area contributed by atoms with Crippen LogP contribution in [0.3, 0.4) is 0 Å². The molecule has 0 spiro atoms. The Labute approximate surface area is 122 Å². The average Bonchev–Trinajstić information content (AvgIpc) is 2.38. The van der Waals surface area contributed by atoms with Gasteiger partial charge in [-0.1, -0.05) is 6.92 Å². The summed E-state index contributed by atoms with van der Waals surface area (Å²) in [5.41, 5.74) is 0. The summed E-state index contributed by atoms with van der Waals surface area (Å²) in [6, 6.07) is -0.987. The van der Waals surface area contributed by atoms with Crippen LogP contribution in [-0.2, 0) is 25.8 Å². The van der Waals surface area contributed by atoms with Gasteiger partial charge in [-0.05, 0) is 25.7 Å². The highest BCUT2D eigenvalue weighted by Gasteiger charge is 2.36. The van der Waals surface area contributed by atoms with E-state index in [0.717, 1.165) is 10.7 Å². The minimum absolute atomic E-state index is 0.102. The van der Waals surface area contributed by atoms with Crippen LogP contribution >= 0.6 is 0 Å². The first-order chi connectivity index (χ1) is 9.25. The van der Waals surface area contributed by atoms with Gasteiger partial charge < -0.3 is 5.11 Å². The van der Waals surface area contributed by atoms with E-state index in [-0.39, 0.29) is 18.3 Å². The molecule has 118 valence electrons. The maximum Gasteiger partial charge on any atom is 0.322 e. The summed E-state index contributed by atoms with van der Waals surface area (Å²) in [5.74, 6) is -1.11. The van der Waals surface area contributed by atoms with E-state index in [1.807, 2.05) is 0 Å². The molecule has 0 saturated carbocycles. The predicted molar refractivity (Wildman–Crippen MR) is 77.0 cm³/mol. The molecule has 1 aliphatic heterocycles. The Morgan fingerprint density at radius 1 is 1.50 bits per heavy atom. The normalized spacial score (nSPS) is 24.2. The van der Waals surface area contributed by atoms with Crippen LogP contribution in [0.2, 0.25) is 0 Å². The number of rotatable bonds is 7. The van der Waals surface area contributed by atoms with Crippen LogP contribution in [0.5, 0.6) is 0 Å². The molecule has 1 fully saturated rings. The summed E-state index contributed by atoms with van der Waals surface area (Å²) in [5, 5.41) is 8.98. The molecule has 1 rings (SSSR count). The van der Waals surface area contributed by atoms with Gasteiger partial charge in [-0.25, -0.2) is 4.72 Å². The smallest absolute Gasteiger partial charge is 0.322 e. The maximum absolute atomic E-state index is 12.1. The lowest BCUT2D eigenvalue weighted by Gasteiger charge is -2.31. The first kappa shape index (κ1) is 17.5. The van der Waals surface area contributed by atoms with Crippen molar-refractivity contribution in [3.63, 3.8) is 0 Å². The number of nitrogens with zero attached hydrogens (tertiary/aromatic N) is 1. The Kier molecular flexibility index (Phi) is 6.56. The second-order valence-electron chi connectivity index (χ2n) is 4.96. The molecule has 0 amide bonds. The maximum atomic E-state index is 12.1. The van der Waals surface area contributed by atoms with Crippen molar-refractivity contribution in [2.45, 2.75) is 43.9 Å². The van der Waals surface area contributed by atoms with Crippen molar-refractivity contribution in [1.82, 2.24) is 9.03 Å². The lowest BCUT2D eigenvalue weighted by molar-refractivity contribution is -0.142. The van der Waals surface area contributed by atoms with Crippen molar-refractivity contribution in [3.05, 3.63) is 0 Å². The zero-order chi connectivity index (χ0) is 15.3. The molecule has 0 radical (unpaired) electrons. The zero-order valence-corrected chi connectivity index (χ0v) is 13.4. The van der Waals surface area contributed by atoms with Gasteiger partial charge in [0.2, 0.25) is 0 Å². The predicted octanol–water partition coefficient (Wildman–Crippen LogP) is -0.0830. The molecule has 0 bridgehead atoms. The first-order valence-electron chi connectivity index (χ1n) is 6.57. The van der Waals surface area contributed by atoms with Crippen LogP contribution in [0, 0.1) is 0 Å². The molecule has 20 heavy (non-hydrogen) atoms. The van der Waals surface area contributed by atoms with E-state index in [1.165, 1.54) is 0 Å². The number of carbonyl (C=O) groups is 1. The van der Waals surface area contributed by atoms with E-state index in [2.05, 4.69) is 4.72 Å². The number of aliphatic carboxylic acids is 1. The fraction of sp³-hybridized carbons (Fsp3) is 0.909. The highest BCUT2D eigenvalue weighted by Crippen LogP contribution is 2.19. The van der Waals surface area contributed by atoms with Crippen LogP contribution in [-0.4, -0.2) is 58.6 Å². The fourth-order valence-corrected chi connectivity index (χ4v) is 3.97. The summed E-state index contributed by atoms with van der Waals surface area (Å²) < 4.78 is 38.9. The number of hydrogen-bond acceptors (Lipinski definition) is 4.